The molecule has 1 unspecified atom stereocenters. The first-order chi connectivity index (χ1) is 9.48. The Morgan fingerprint density at radius 1 is 1.40 bits per heavy atom. The minimum absolute atomic E-state index is 0.0949. The van der Waals surface area contributed by atoms with Crippen molar-refractivity contribution in [2.24, 2.45) is 0 Å². The van der Waals surface area contributed by atoms with E-state index in [9.17, 15) is 8.42 Å². The van der Waals surface area contributed by atoms with Crippen molar-refractivity contribution >= 4 is 10.1 Å². The van der Waals surface area contributed by atoms with Crippen molar-refractivity contribution in [1.82, 2.24) is 5.32 Å². The zero-order valence-corrected chi connectivity index (χ0v) is 12.4. The molecule has 1 aromatic rings. The smallest absolute Gasteiger partial charge is 0.306 e. The number of rotatable bonds is 6. The van der Waals surface area contributed by atoms with Crippen molar-refractivity contribution in [3.63, 3.8) is 0 Å². The fourth-order valence-corrected chi connectivity index (χ4v) is 2.32. The Balaban J connectivity index is 2.04. The van der Waals surface area contributed by atoms with Gasteiger partial charge in [0.25, 0.3) is 0 Å². The number of ether oxygens (including phenoxy) is 2. The molecule has 1 heterocycles. The van der Waals surface area contributed by atoms with Crippen LogP contribution in [0.4, 0.5) is 0 Å². The fourth-order valence-electron chi connectivity index (χ4n) is 1.86. The molecule has 20 heavy (non-hydrogen) atoms. The lowest BCUT2D eigenvalue weighted by Gasteiger charge is -2.27. The van der Waals surface area contributed by atoms with Gasteiger partial charge in [-0.2, -0.15) is 8.42 Å². The summed E-state index contributed by atoms with van der Waals surface area (Å²) < 4.78 is 38.4. The summed E-state index contributed by atoms with van der Waals surface area (Å²) in [5.74, 6) is 1.32. The summed E-state index contributed by atoms with van der Waals surface area (Å²) in [6, 6.07) is 4.72. The average Bonchev–Trinajstić information content (AvgIpc) is 2.37. The van der Waals surface area contributed by atoms with Gasteiger partial charge < -0.3 is 19.0 Å². The molecule has 0 bridgehead atoms. The molecule has 0 spiro atoms. The first kappa shape index (κ1) is 14.9. The SMILES string of the molecule is CCCNCC1COc2ccc(OS(C)(=O)=O)cc2O1. The van der Waals surface area contributed by atoms with Crippen LogP contribution in [-0.2, 0) is 10.1 Å². The summed E-state index contributed by atoms with van der Waals surface area (Å²) in [5.41, 5.74) is 0. The summed E-state index contributed by atoms with van der Waals surface area (Å²) in [6.45, 7) is 4.17. The minimum atomic E-state index is -3.54. The van der Waals surface area contributed by atoms with Gasteiger partial charge in [-0.3, -0.25) is 0 Å². The third-order valence-electron chi connectivity index (χ3n) is 2.68. The van der Waals surface area contributed by atoms with Gasteiger partial charge >= 0.3 is 10.1 Å². The molecular weight excluding hydrogens is 282 g/mol. The second-order valence-electron chi connectivity index (χ2n) is 4.65. The van der Waals surface area contributed by atoms with Crippen LogP contribution in [0.1, 0.15) is 13.3 Å². The summed E-state index contributed by atoms with van der Waals surface area (Å²) >= 11 is 0. The average molecular weight is 301 g/mol. The molecular formula is C13H19NO5S. The van der Waals surface area contributed by atoms with Crippen LogP contribution in [0.15, 0.2) is 18.2 Å². The van der Waals surface area contributed by atoms with Gasteiger partial charge in [-0.1, -0.05) is 6.92 Å². The van der Waals surface area contributed by atoms with Crippen molar-refractivity contribution in [2.75, 3.05) is 26.0 Å². The van der Waals surface area contributed by atoms with Gasteiger partial charge in [0.05, 0.1) is 6.26 Å². The molecule has 1 aliphatic rings. The molecule has 1 aromatic carbocycles. The van der Waals surface area contributed by atoms with Gasteiger partial charge in [-0.25, -0.2) is 0 Å². The molecule has 0 saturated heterocycles. The van der Waals surface area contributed by atoms with Crippen molar-refractivity contribution < 1.29 is 22.1 Å². The quantitative estimate of drug-likeness (QED) is 0.628. The van der Waals surface area contributed by atoms with Crippen molar-refractivity contribution in [3.8, 4) is 17.2 Å². The number of nitrogens with one attached hydrogen (secondary N) is 1. The Morgan fingerprint density at radius 2 is 2.20 bits per heavy atom. The van der Waals surface area contributed by atoms with Crippen LogP contribution in [0.5, 0.6) is 17.2 Å². The number of benzene rings is 1. The molecule has 0 aliphatic carbocycles. The Morgan fingerprint density at radius 3 is 2.90 bits per heavy atom. The second-order valence-corrected chi connectivity index (χ2v) is 6.23. The van der Waals surface area contributed by atoms with E-state index in [0.717, 1.165) is 19.2 Å². The van der Waals surface area contributed by atoms with E-state index >= 15 is 0 Å². The van der Waals surface area contributed by atoms with Crippen LogP contribution >= 0.6 is 0 Å². The van der Waals surface area contributed by atoms with E-state index in [1.54, 1.807) is 12.1 Å². The third kappa shape index (κ3) is 4.28. The Labute approximate surface area is 119 Å². The first-order valence-corrected chi connectivity index (χ1v) is 8.33. The van der Waals surface area contributed by atoms with E-state index in [4.69, 9.17) is 13.7 Å². The standard InChI is InChI=1S/C13H19NO5S/c1-3-6-14-8-11-9-17-12-5-4-10(7-13(12)18-11)19-20(2,15)16/h4-5,7,11,14H,3,6,8-9H2,1-2H3. The topological polar surface area (TPSA) is 73.9 Å². The molecule has 1 aliphatic heterocycles. The highest BCUT2D eigenvalue weighted by Crippen LogP contribution is 2.35. The molecule has 0 fully saturated rings. The van der Waals surface area contributed by atoms with E-state index in [1.807, 2.05) is 0 Å². The Kier molecular flexibility index (Phi) is 4.72. The number of hydrogen-bond acceptors (Lipinski definition) is 6. The third-order valence-corrected chi connectivity index (χ3v) is 3.18. The molecule has 0 radical (unpaired) electrons. The molecule has 7 heteroatoms. The van der Waals surface area contributed by atoms with Gasteiger partial charge in [0.15, 0.2) is 11.5 Å². The molecule has 1 atom stereocenters. The first-order valence-electron chi connectivity index (χ1n) is 6.51. The number of hydrogen-bond donors (Lipinski definition) is 1. The fraction of sp³-hybridized carbons (Fsp3) is 0.538. The predicted molar refractivity (Wildman–Crippen MR) is 75.0 cm³/mol. The van der Waals surface area contributed by atoms with Gasteiger partial charge in [0.1, 0.15) is 18.5 Å². The van der Waals surface area contributed by atoms with Crippen molar-refractivity contribution in [3.05, 3.63) is 18.2 Å². The monoisotopic (exact) mass is 301 g/mol. The highest BCUT2D eigenvalue weighted by Gasteiger charge is 2.21. The molecule has 1 N–H and O–H groups in total. The van der Waals surface area contributed by atoms with Gasteiger partial charge in [-0.05, 0) is 25.1 Å². The summed E-state index contributed by atoms with van der Waals surface area (Å²) in [6.07, 6.45) is 1.96. The van der Waals surface area contributed by atoms with Crippen molar-refractivity contribution in [2.45, 2.75) is 19.4 Å². The molecule has 6 nitrogen and oxygen atoms in total. The van der Waals surface area contributed by atoms with Crippen molar-refractivity contribution in [1.29, 1.82) is 0 Å². The van der Waals surface area contributed by atoms with Gasteiger partial charge in [-0.15, -0.1) is 0 Å². The maximum absolute atomic E-state index is 11.1. The molecule has 2 rings (SSSR count). The zero-order chi connectivity index (χ0) is 14.6. The molecule has 0 amide bonds. The normalized spacial score (nSPS) is 17.8. The number of fused-ring (bicyclic) bond motifs is 1. The van der Waals surface area contributed by atoms with Crippen LogP contribution in [-0.4, -0.2) is 40.5 Å². The van der Waals surface area contributed by atoms with Crippen LogP contribution in [0.2, 0.25) is 0 Å². The summed E-state index contributed by atoms with van der Waals surface area (Å²) in [7, 11) is -3.54. The van der Waals surface area contributed by atoms with E-state index < -0.39 is 10.1 Å². The van der Waals surface area contributed by atoms with E-state index in [0.29, 0.717) is 24.7 Å². The van der Waals surface area contributed by atoms with E-state index in [-0.39, 0.29) is 11.9 Å². The molecule has 0 aromatic heterocycles. The van der Waals surface area contributed by atoms with Crippen LogP contribution < -0.4 is 19.0 Å². The second kappa shape index (κ2) is 6.32. The largest absolute Gasteiger partial charge is 0.486 e. The van der Waals surface area contributed by atoms with E-state index in [1.165, 1.54) is 6.07 Å². The lowest BCUT2D eigenvalue weighted by molar-refractivity contribution is 0.0903. The maximum atomic E-state index is 11.1. The Hall–Kier alpha value is -1.47. The van der Waals surface area contributed by atoms with E-state index in [2.05, 4.69) is 12.2 Å². The predicted octanol–water partition coefficient (Wildman–Crippen LogP) is 1.16. The minimum Gasteiger partial charge on any atom is -0.486 e. The van der Waals surface area contributed by atoms with Crippen LogP contribution in [0.25, 0.3) is 0 Å². The van der Waals surface area contributed by atoms with Gasteiger partial charge in [0.2, 0.25) is 0 Å². The highest BCUT2D eigenvalue weighted by atomic mass is 32.2. The molecule has 0 saturated carbocycles. The molecule has 112 valence electrons. The lowest BCUT2D eigenvalue weighted by Crippen LogP contribution is -2.38. The zero-order valence-electron chi connectivity index (χ0n) is 11.6. The summed E-state index contributed by atoms with van der Waals surface area (Å²) in [5, 5.41) is 3.26. The Bertz CT molecular complexity index is 558. The lowest BCUT2D eigenvalue weighted by atomic mass is 10.2. The highest BCUT2D eigenvalue weighted by molar-refractivity contribution is 7.86. The van der Waals surface area contributed by atoms with Crippen LogP contribution in [0.3, 0.4) is 0 Å². The van der Waals surface area contributed by atoms with Crippen LogP contribution in [0, 0.1) is 0 Å². The maximum Gasteiger partial charge on any atom is 0.306 e. The van der Waals surface area contributed by atoms with Gasteiger partial charge in [0, 0.05) is 12.6 Å². The summed E-state index contributed by atoms with van der Waals surface area (Å²) in [4.78, 5) is 0.